The van der Waals surface area contributed by atoms with Crippen LogP contribution in [0.25, 0.3) is 33.2 Å². The third kappa shape index (κ3) is 2.58. The van der Waals surface area contributed by atoms with E-state index >= 15 is 0 Å². The maximum absolute atomic E-state index is 11.9. The Morgan fingerprint density at radius 1 is 1.14 bits per heavy atom. The van der Waals surface area contributed by atoms with E-state index in [1.54, 1.807) is 11.6 Å². The zero-order valence-electron chi connectivity index (χ0n) is 15.7. The number of aromatic nitrogens is 2. The molecule has 138 valence electrons. The van der Waals surface area contributed by atoms with Gasteiger partial charge in [-0.2, -0.15) is 5.26 Å². The molecule has 0 saturated heterocycles. The van der Waals surface area contributed by atoms with Gasteiger partial charge in [0.2, 0.25) is 0 Å². The number of benzene rings is 2. The molecule has 0 aliphatic rings. The molecule has 28 heavy (non-hydrogen) atoms. The van der Waals surface area contributed by atoms with E-state index in [1.807, 2.05) is 49.5 Å². The SMILES string of the molecule is CCc1c(C#N)c(-c2ccc(-c3cccc4cc[nH]c34)cc2)c(C(=O)O)n1C. The van der Waals surface area contributed by atoms with Crippen LogP contribution in [0, 0.1) is 11.3 Å². The summed E-state index contributed by atoms with van der Waals surface area (Å²) in [5.74, 6) is -1.03. The maximum Gasteiger partial charge on any atom is 0.353 e. The van der Waals surface area contributed by atoms with Crippen molar-refractivity contribution < 1.29 is 9.90 Å². The summed E-state index contributed by atoms with van der Waals surface area (Å²) in [7, 11) is 1.70. The average molecular weight is 369 g/mol. The van der Waals surface area contributed by atoms with Gasteiger partial charge in [0.15, 0.2) is 0 Å². The van der Waals surface area contributed by atoms with Crippen molar-refractivity contribution in [1.29, 1.82) is 5.26 Å². The second kappa shape index (κ2) is 6.75. The molecule has 4 aromatic rings. The van der Waals surface area contributed by atoms with Crippen molar-refractivity contribution in [3.63, 3.8) is 0 Å². The summed E-state index contributed by atoms with van der Waals surface area (Å²) in [5.41, 5.74) is 5.69. The Morgan fingerprint density at radius 3 is 2.50 bits per heavy atom. The predicted octanol–water partition coefficient (Wildman–Crippen LogP) is 4.97. The Morgan fingerprint density at radius 2 is 1.86 bits per heavy atom. The van der Waals surface area contributed by atoms with Crippen molar-refractivity contribution in [1.82, 2.24) is 9.55 Å². The number of hydrogen-bond donors (Lipinski definition) is 2. The van der Waals surface area contributed by atoms with Gasteiger partial charge in [-0.15, -0.1) is 0 Å². The Hall–Kier alpha value is -3.78. The minimum absolute atomic E-state index is 0.146. The molecule has 0 aliphatic heterocycles. The monoisotopic (exact) mass is 369 g/mol. The first-order valence-electron chi connectivity index (χ1n) is 9.08. The van der Waals surface area contributed by atoms with E-state index in [0.717, 1.165) is 33.3 Å². The second-order valence-electron chi connectivity index (χ2n) is 6.70. The first kappa shape index (κ1) is 17.6. The highest BCUT2D eigenvalue weighted by Gasteiger charge is 2.25. The number of carbonyl (C=O) groups is 1. The van der Waals surface area contributed by atoms with Crippen LogP contribution in [0.3, 0.4) is 0 Å². The molecule has 0 bridgehead atoms. The zero-order chi connectivity index (χ0) is 19.8. The number of nitrogens with zero attached hydrogens (tertiary/aromatic N) is 2. The molecule has 0 radical (unpaired) electrons. The third-order valence-electron chi connectivity index (χ3n) is 5.24. The summed E-state index contributed by atoms with van der Waals surface area (Å²) in [6.07, 6.45) is 2.50. The Labute approximate surface area is 162 Å². The molecular weight excluding hydrogens is 350 g/mol. The molecule has 0 fully saturated rings. The summed E-state index contributed by atoms with van der Waals surface area (Å²) in [6, 6.07) is 18.1. The van der Waals surface area contributed by atoms with Crippen LogP contribution in [0.5, 0.6) is 0 Å². The van der Waals surface area contributed by atoms with E-state index in [-0.39, 0.29) is 5.69 Å². The molecular formula is C23H19N3O2. The summed E-state index contributed by atoms with van der Waals surface area (Å²) in [4.78, 5) is 15.2. The lowest BCUT2D eigenvalue weighted by atomic mass is 9.96. The van der Waals surface area contributed by atoms with Gasteiger partial charge in [0.1, 0.15) is 11.8 Å². The summed E-state index contributed by atoms with van der Waals surface area (Å²) in [6.45, 7) is 1.92. The minimum atomic E-state index is -1.03. The molecule has 0 saturated carbocycles. The van der Waals surface area contributed by atoms with Crippen LogP contribution in [-0.2, 0) is 13.5 Å². The van der Waals surface area contributed by atoms with Crippen LogP contribution in [-0.4, -0.2) is 20.6 Å². The van der Waals surface area contributed by atoms with Crippen LogP contribution in [0.15, 0.2) is 54.7 Å². The fourth-order valence-corrected chi connectivity index (χ4v) is 3.94. The van der Waals surface area contributed by atoms with Crippen molar-refractivity contribution in [3.05, 3.63) is 71.7 Å². The van der Waals surface area contributed by atoms with Gasteiger partial charge in [0.05, 0.1) is 11.1 Å². The molecule has 0 amide bonds. The number of carboxylic acids is 1. The highest BCUT2D eigenvalue weighted by atomic mass is 16.4. The van der Waals surface area contributed by atoms with E-state index < -0.39 is 5.97 Å². The van der Waals surface area contributed by atoms with Gasteiger partial charge < -0.3 is 14.7 Å². The standard InChI is InChI=1S/C23H19N3O2/c1-3-19-18(13-24)20(22(23(27)28)26(19)2)15-9-7-14(8-10-15)17-6-4-5-16-11-12-25-21(16)17/h4-12,25H,3H2,1-2H3,(H,27,28). The minimum Gasteiger partial charge on any atom is -0.477 e. The third-order valence-corrected chi connectivity index (χ3v) is 5.24. The van der Waals surface area contributed by atoms with Gasteiger partial charge >= 0.3 is 5.97 Å². The highest BCUT2D eigenvalue weighted by Crippen LogP contribution is 2.35. The van der Waals surface area contributed by atoms with E-state index in [4.69, 9.17) is 0 Å². The smallest absolute Gasteiger partial charge is 0.353 e. The molecule has 2 aromatic carbocycles. The van der Waals surface area contributed by atoms with Gasteiger partial charge in [-0.25, -0.2) is 4.79 Å². The van der Waals surface area contributed by atoms with Crippen molar-refractivity contribution in [2.45, 2.75) is 13.3 Å². The molecule has 0 unspecified atom stereocenters. The first-order chi connectivity index (χ1) is 13.6. The lowest BCUT2D eigenvalue weighted by molar-refractivity contribution is 0.0687. The number of nitrogens with one attached hydrogen (secondary N) is 1. The van der Waals surface area contributed by atoms with Crippen LogP contribution in [0.2, 0.25) is 0 Å². The summed E-state index contributed by atoms with van der Waals surface area (Å²) < 4.78 is 1.61. The number of hydrogen-bond acceptors (Lipinski definition) is 2. The van der Waals surface area contributed by atoms with E-state index in [1.165, 1.54) is 0 Å². The van der Waals surface area contributed by atoms with Gasteiger partial charge in [0.25, 0.3) is 0 Å². The topological polar surface area (TPSA) is 81.8 Å². The van der Waals surface area contributed by atoms with Crippen molar-refractivity contribution in [3.8, 4) is 28.3 Å². The number of nitriles is 1. The molecule has 4 rings (SSSR count). The van der Waals surface area contributed by atoms with E-state index in [0.29, 0.717) is 17.5 Å². The number of aromatic amines is 1. The van der Waals surface area contributed by atoms with Gasteiger partial charge in [-0.3, -0.25) is 0 Å². The molecule has 0 atom stereocenters. The number of carboxylic acid groups (broad SMARTS) is 1. The van der Waals surface area contributed by atoms with Crippen LogP contribution in [0.1, 0.15) is 28.7 Å². The fraction of sp³-hybridized carbons (Fsp3) is 0.130. The molecule has 2 heterocycles. The molecule has 0 spiro atoms. The molecule has 0 aliphatic carbocycles. The van der Waals surface area contributed by atoms with Crippen molar-refractivity contribution in [2.24, 2.45) is 7.05 Å². The largest absolute Gasteiger partial charge is 0.477 e. The first-order valence-corrected chi connectivity index (χ1v) is 9.08. The van der Waals surface area contributed by atoms with Gasteiger partial charge in [-0.1, -0.05) is 49.4 Å². The number of para-hydroxylation sites is 1. The van der Waals surface area contributed by atoms with Gasteiger partial charge in [-0.05, 0) is 29.0 Å². The van der Waals surface area contributed by atoms with Crippen LogP contribution in [0.4, 0.5) is 0 Å². The zero-order valence-corrected chi connectivity index (χ0v) is 15.7. The Balaban J connectivity index is 1.88. The maximum atomic E-state index is 11.9. The van der Waals surface area contributed by atoms with Crippen molar-refractivity contribution >= 4 is 16.9 Å². The highest BCUT2D eigenvalue weighted by molar-refractivity contribution is 5.98. The Bertz CT molecular complexity index is 1240. The molecule has 2 N–H and O–H groups in total. The van der Waals surface area contributed by atoms with E-state index in [9.17, 15) is 15.2 Å². The lowest BCUT2D eigenvalue weighted by Crippen LogP contribution is -2.07. The normalized spacial score (nSPS) is 10.9. The fourth-order valence-electron chi connectivity index (χ4n) is 3.94. The van der Waals surface area contributed by atoms with Crippen LogP contribution >= 0.6 is 0 Å². The number of fused-ring (bicyclic) bond motifs is 1. The number of aromatic carboxylic acids is 1. The second-order valence-corrected chi connectivity index (χ2v) is 6.70. The predicted molar refractivity (Wildman–Crippen MR) is 109 cm³/mol. The summed E-state index contributed by atoms with van der Waals surface area (Å²) in [5, 5.41) is 20.5. The van der Waals surface area contributed by atoms with Crippen molar-refractivity contribution in [2.75, 3.05) is 0 Å². The Kier molecular flexibility index (Phi) is 4.25. The molecule has 2 aromatic heterocycles. The lowest BCUT2D eigenvalue weighted by Gasteiger charge is -2.07. The average Bonchev–Trinajstić information content (AvgIpc) is 3.29. The van der Waals surface area contributed by atoms with Gasteiger partial charge in [0, 0.05) is 30.1 Å². The molecule has 5 nitrogen and oxygen atoms in total. The quantitative estimate of drug-likeness (QED) is 0.533. The van der Waals surface area contributed by atoms with E-state index in [2.05, 4.69) is 23.2 Å². The number of rotatable bonds is 4. The van der Waals surface area contributed by atoms with Crippen LogP contribution < -0.4 is 0 Å². The number of H-pyrrole nitrogens is 1. The molecule has 5 heteroatoms. The summed E-state index contributed by atoms with van der Waals surface area (Å²) >= 11 is 0.